The van der Waals surface area contributed by atoms with Crippen LogP contribution in [0.4, 0.5) is 0 Å². The molecule has 11 heavy (non-hydrogen) atoms. The normalized spacial score (nSPS) is 21.8. The lowest BCUT2D eigenvalue weighted by Gasteiger charge is -2.41. The van der Waals surface area contributed by atoms with Crippen molar-refractivity contribution in [3.63, 3.8) is 0 Å². The van der Waals surface area contributed by atoms with Gasteiger partial charge in [-0.15, -0.1) is 0 Å². The maximum Gasteiger partial charge on any atom is 0.0905 e. The van der Waals surface area contributed by atoms with E-state index in [1.807, 2.05) is 0 Å². The van der Waals surface area contributed by atoms with Crippen molar-refractivity contribution in [2.45, 2.75) is 45.3 Å². The topological polar surface area (TPSA) is 21.3 Å². The molecule has 0 bridgehead atoms. The highest BCUT2D eigenvalue weighted by Gasteiger charge is 2.34. The molecule has 1 saturated heterocycles. The zero-order chi connectivity index (χ0) is 8.32. The molecule has 0 radical (unpaired) electrons. The van der Waals surface area contributed by atoms with Crippen molar-refractivity contribution >= 4 is 0 Å². The van der Waals surface area contributed by atoms with Crippen LogP contribution in [0.15, 0.2) is 0 Å². The molecule has 0 aromatic carbocycles. The molecule has 2 nitrogen and oxygen atoms in total. The van der Waals surface area contributed by atoms with Gasteiger partial charge in [-0.2, -0.15) is 0 Å². The summed E-state index contributed by atoms with van der Waals surface area (Å²) in [5.74, 6) is 0. The highest BCUT2D eigenvalue weighted by molar-refractivity contribution is 4.90. The van der Waals surface area contributed by atoms with Crippen LogP contribution in [0.1, 0.15) is 33.6 Å². The molecule has 0 aliphatic carbocycles. The fraction of sp³-hybridized carbons (Fsp3) is 1.00. The number of hydrogen-bond acceptors (Lipinski definition) is 2. The SMILES string of the molecule is CCC(CC)OC1(C)CNC1. The van der Waals surface area contributed by atoms with Crippen molar-refractivity contribution < 1.29 is 4.74 Å². The molecule has 1 aliphatic rings. The molecule has 0 amide bonds. The quantitative estimate of drug-likeness (QED) is 0.668. The molecular formula is C9H19NO. The van der Waals surface area contributed by atoms with E-state index >= 15 is 0 Å². The molecule has 0 saturated carbocycles. The average Bonchev–Trinajstić information content (AvgIpc) is 1.97. The second kappa shape index (κ2) is 3.55. The number of hydrogen-bond donors (Lipinski definition) is 1. The van der Waals surface area contributed by atoms with Crippen LogP contribution in [0.5, 0.6) is 0 Å². The Labute approximate surface area is 69.3 Å². The van der Waals surface area contributed by atoms with Gasteiger partial charge >= 0.3 is 0 Å². The van der Waals surface area contributed by atoms with Crippen LogP contribution in [0.2, 0.25) is 0 Å². The average molecular weight is 157 g/mol. The molecule has 0 aromatic heterocycles. The highest BCUT2D eigenvalue weighted by Crippen LogP contribution is 2.20. The lowest BCUT2D eigenvalue weighted by atomic mass is 9.99. The summed E-state index contributed by atoms with van der Waals surface area (Å²) in [5.41, 5.74) is 0.136. The van der Waals surface area contributed by atoms with Crippen molar-refractivity contribution in [1.82, 2.24) is 5.32 Å². The molecule has 2 heteroatoms. The van der Waals surface area contributed by atoms with Crippen LogP contribution in [0, 0.1) is 0 Å². The van der Waals surface area contributed by atoms with Crippen LogP contribution in [-0.4, -0.2) is 24.8 Å². The summed E-state index contributed by atoms with van der Waals surface area (Å²) in [4.78, 5) is 0. The van der Waals surface area contributed by atoms with Gasteiger partial charge in [0, 0.05) is 13.1 Å². The van der Waals surface area contributed by atoms with E-state index in [2.05, 4.69) is 26.1 Å². The monoisotopic (exact) mass is 157 g/mol. The Balaban J connectivity index is 2.27. The van der Waals surface area contributed by atoms with Crippen molar-refractivity contribution in [2.75, 3.05) is 13.1 Å². The molecular weight excluding hydrogens is 138 g/mol. The summed E-state index contributed by atoms with van der Waals surface area (Å²) in [7, 11) is 0. The first kappa shape index (κ1) is 9.01. The minimum absolute atomic E-state index is 0.136. The zero-order valence-corrected chi connectivity index (χ0v) is 7.81. The predicted octanol–water partition coefficient (Wildman–Crippen LogP) is 1.55. The highest BCUT2D eigenvalue weighted by atomic mass is 16.5. The van der Waals surface area contributed by atoms with Crippen molar-refractivity contribution in [3.05, 3.63) is 0 Å². The molecule has 1 fully saturated rings. The van der Waals surface area contributed by atoms with E-state index in [4.69, 9.17) is 4.74 Å². The Bertz CT molecular complexity index is 117. The third-order valence-corrected chi connectivity index (χ3v) is 2.36. The van der Waals surface area contributed by atoms with Gasteiger partial charge in [0.25, 0.3) is 0 Å². The molecule has 0 unspecified atom stereocenters. The van der Waals surface area contributed by atoms with E-state index < -0.39 is 0 Å². The summed E-state index contributed by atoms with van der Waals surface area (Å²) in [5, 5.41) is 3.23. The largest absolute Gasteiger partial charge is 0.369 e. The Kier molecular flexibility index (Phi) is 2.90. The summed E-state index contributed by atoms with van der Waals surface area (Å²) >= 11 is 0. The summed E-state index contributed by atoms with van der Waals surface area (Å²) < 4.78 is 5.91. The van der Waals surface area contributed by atoms with E-state index in [0.717, 1.165) is 25.9 Å². The van der Waals surface area contributed by atoms with Crippen molar-refractivity contribution in [3.8, 4) is 0 Å². The first-order valence-electron chi connectivity index (χ1n) is 4.58. The molecule has 0 atom stereocenters. The van der Waals surface area contributed by atoms with Gasteiger partial charge in [-0.25, -0.2) is 0 Å². The molecule has 66 valence electrons. The van der Waals surface area contributed by atoms with Gasteiger partial charge in [0.15, 0.2) is 0 Å². The van der Waals surface area contributed by atoms with E-state index in [-0.39, 0.29) is 5.60 Å². The van der Waals surface area contributed by atoms with Gasteiger partial charge in [0.2, 0.25) is 0 Å². The van der Waals surface area contributed by atoms with Crippen LogP contribution in [0.25, 0.3) is 0 Å². The lowest BCUT2D eigenvalue weighted by molar-refractivity contribution is -0.112. The van der Waals surface area contributed by atoms with Gasteiger partial charge in [0.1, 0.15) is 0 Å². The zero-order valence-electron chi connectivity index (χ0n) is 7.81. The fourth-order valence-corrected chi connectivity index (χ4v) is 1.42. The minimum atomic E-state index is 0.136. The van der Waals surface area contributed by atoms with Crippen molar-refractivity contribution in [1.29, 1.82) is 0 Å². The number of nitrogens with one attached hydrogen (secondary N) is 1. The van der Waals surface area contributed by atoms with E-state index in [1.54, 1.807) is 0 Å². The third-order valence-electron chi connectivity index (χ3n) is 2.36. The van der Waals surface area contributed by atoms with E-state index in [1.165, 1.54) is 0 Å². The maximum absolute atomic E-state index is 5.91. The van der Waals surface area contributed by atoms with E-state index in [0.29, 0.717) is 6.10 Å². The summed E-state index contributed by atoms with van der Waals surface area (Å²) in [6.07, 6.45) is 2.72. The van der Waals surface area contributed by atoms with Gasteiger partial charge < -0.3 is 10.1 Å². The fourth-order valence-electron chi connectivity index (χ4n) is 1.42. The third kappa shape index (κ3) is 2.17. The Morgan fingerprint density at radius 1 is 1.36 bits per heavy atom. The standard InChI is InChI=1S/C9H19NO/c1-4-8(5-2)11-9(3)6-10-7-9/h8,10H,4-7H2,1-3H3. The van der Waals surface area contributed by atoms with Crippen LogP contribution in [0.3, 0.4) is 0 Å². The molecule has 1 rings (SSSR count). The smallest absolute Gasteiger partial charge is 0.0905 e. The number of ether oxygens (including phenoxy) is 1. The van der Waals surface area contributed by atoms with Gasteiger partial charge in [-0.3, -0.25) is 0 Å². The van der Waals surface area contributed by atoms with E-state index in [9.17, 15) is 0 Å². The van der Waals surface area contributed by atoms with Crippen LogP contribution >= 0.6 is 0 Å². The molecule has 1 aliphatic heterocycles. The maximum atomic E-state index is 5.91. The Morgan fingerprint density at radius 3 is 2.18 bits per heavy atom. The van der Waals surface area contributed by atoms with Crippen LogP contribution < -0.4 is 5.32 Å². The first-order chi connectivity index (χ1) is 5.20. The Morgan fingerprint density at radius 2 is 1.91 bits per heavy atom. The molecule has 1 heterocycles. The van der Waals surface area contributed by atoms with Crippen molar-refractivity contribution in [2.24, 2.45) is 0 Å². The second-order valence-electron chi connectivity index (χ2n) is 3.61. The molecule has 0 aromatic rings. The minimum Gasteiger partial charge on any atom is -0.369 e. The predicted molar refractivity (Wildman–Crippen MR) is 46.7 cm³/mol. The summed E-state index contributed by atoms with van der Waals surface area (Å²) in [6, 6.07) is 0. The molecule has 1 N–H and O–H groups in total. The van der Waals surface area contributed by atoms with Gasteiger partial charge in [-0.1, -0.05) is 13.8 Å². The molecule has 0 spiro atoms. The number of rotatable bonds is 4. The van der Waals surface area contributed by atoms with Gasteiger partial charge in [0.05, 0.1) is 11.7 Å². The van der Waals surface area contributed by atoms with Gasteiger partial charge in [-0.05, 0) is 19.8 Å². The Hall–Kier alpha value is -0.0800. The first-order valence-corrected chi connectivity index (χ1v) is 4.58. The van der Waals surface area contributed by atoms with Crippen LogP contribution in [-0.2, 0) is 4.74 Å². The lowest BCUT2D eigenvalue weighted by Crippen LogP contribution is -2.60. The summed E-state index contributed by atoms with van der Waals surface area (Å²) in [6.45, 7) is 8.59. The second-order valence-corrected chi connectivity index (χ2v) is 3.61.